The average Bonchev–Trinajstić information content (AvgIpc) is 2.78. The fraction of sp³-hybridized carbons (Fsp3) is 0.800. The Morgan fingerprint density at radius 3 is 2.67 bits per heavy atom. The van der Waals surface area contributed by atoms with Gasteiger partial charge in [0.1, 0.15) is 6.10 Å². The second kappa shape index (κ2) is 7.75. The van der Waals surface area contributed by atoms with Gasteiger partial charge in [0.15, 0.2) is 0 Å². The molecular formula is C15H25N2O4. The third kappa shape index (κ3) is 4.97. The Labute approximate surface area is 125 Å². The number of carbonyl (C=O) groups is 2. The van der Waals surface area contributed by atoms with E-state index in [0.29, 0.717) is 5.92 Å². The Morgan fingerprint density at radius 2 is 2.00 bits per heavy atom. The molecule has 21 heavy (non-hydrogen) atoms. The maximum Gasteiger partial charge on any atom is 0.224 e. The predicted molar refractivity (Wildman–Crippen MR) is 77.0 cm³/mol. The lowest BCUT2D eigenvalue weighted by Gasteiger charge is -2.23. The van der Waals surface area contributed by atoms with Crippen molar-refractivity contribution < 1.29 is 19.4 Å². The molecule has 119 valence electrons. The van der Waals surface area contributed by atoms with Crippen LogP contribution in [0, 0.1) is 12.3 Å². The Bertz CT molecular complexity index is 369. The number of primary amides is 1. The molecule has 1 aliphatic carbocycles. The highest BCUT2D eigenvalue weighted by Crippen LogP contribution is 2.27. The number of nitrogens with two attached hydrogens (primary N) is 1. The van der Waals surface area contributed by atoms with Gasteiger partial charge in [-0.05, 0) is 12.3 Å². The van der Waals surface area contributed by atoms with E-state index in [1.54, 1.807) is 6.42 Å². The summed E-state index contributed by atoms with van der Waals surface area (Å²) in [6.45, 7) is 0.117. The molecule has 1 saturated heterocycles. The zero-order valence-electron chi connectivity index (χ0n) is 12.3. The predicted octanol–water partition coefficient (Wildman–Crippen LogP) is 0.281. The highest BCUT2D eigenvalue weighted by molar-refractivity contribution is 5.85. The second-order valence-electron chi connectivity index (χ2n) is 6.09. The number of hydrogen-bond acceptors (Lipinski definition) is 4. The number of aliphatic hydroxyl groups is 1. The normalized spacial score (nSPS) is 30.2. The van der Waals surface area contributed by atoms with Gasteiger partial charge >= 0.3 is 0 Å². The van der Waals surface area contributed by atoms with Gasteiger partial charge in [-0.15, -0.1) is 0 Å². The van der Waals surface area contributed by atoms with Crippen molar-refractivity contribution in [3.63, 3.8) is 0 Å². The summed E-state index contributed by atoms with van der Waals surface area (Å²) in [6, 6.07) is -0.562. The average molecular weight is 297 g/mol. The van der Waals surface area contributed by atoms with E-state index in [2.05, 4.69) is 5.32 Å². The van der Waals surface area contributed by atoms with Crippen molar-refractivity contribution in [3.8, 4) is 0 Å². The molecule has 1 aliphatic heterocycles. The van der Waals surface area contributed by atoms with Crippen molar-refractivity contribution in [1.29, 1.82) is 0 Å². The summed E-state index contributed by atoms with van der Waals surface area (Å²) in [5.41, 5.74) is 5.15. The van der Waals surface area contributed by atoms with Crippen molar-refractivity contribution in [1.82, 2.24) is 5.32 Å². The molecule has 1 radical (unpaired) electrons. The first-order chi connectivity index (χ1) is 10.1. The number of hydrogen-bond donors (Lipinski definition) is 3. The van der Waals surface area contributed by atoms with Crippen LogP contribution in [0.15, 0.2) is 0 Å². The van der Waals surface area contributed by atoms with Gasteiger partial charge in [-0.1, -0.05) is 32.1 Å². The number of carbonyl (C=O) groups excluding carboxylic acids is 2. The molecule has 1 saturated carbocycles. The standard InChI is InChI=1S/C15H25N2O4/c16-13(19)8-12-15(11(18)9-21-12)17-14(20)7-6-10-4-2-1-3-5-10/h7,10-12,15,18H,1-6,8-9H2,(H2,16,19)(H,17,20)/t11-,12-,15-/m0/s1. The van der Waals surface area contributed by atoms with Crippen LogP contribution in [-0.4, -0.2) is 41.8 Å². The van der Waals surface area contributed by atoms with Gasteiger partial charge in [-0.25, -0.2) is 0 Å². The van der Waals surface area contributed by atoms with Gasteiger partial charge in [0.2, 0.25) is 11.8 Å². The topological polar surface area (TPSA) is 102 Å². The van der Waals surface area contributed by atoms with Crippen LogP contribution in [0.1, 0.15) is 44.9 Å². The van der Waals surface area contributed by atoms with E-state index in [1.807, 2.05) is 0 Å². The Morgan fingerprint density at radius 1 is 1.29 bits per heavy atom. The van der Waals surface area contributed by atoms with Crippen molar-refractivity contribution in [2.45, 2.75) is 63.2 Å². The Hall–Kier alpha value is -1.14. The highest BCUT2D eigenvalue weighted by atomic mass is 16.5. The molecule has 2 rings (SSSR count). The van der Waals surface area contributed by atoms with Crippen molar-refractivity contribution in [3.05, 3.63) is 6.42 Å². The first-order valence-corrected chi connectivity index (χ1v) is 7.78. The van der Waals surface area contributed by atoms with Crippen LogP contribution in [0.3, 0.4) is 0 Å². The van der Waals surface area contributed by atoms with Crippen LogP contribution < -0.4 is 11.1 Å². The van der Waals surface area contributed by atoms with E-state index in [-0.39, 0.29) is 18.9 Å². The monoisotopic (exact) mass is 297 g/mol. The minimum Gasteiger partial charge on any atom is -0.388 e. The van der Waals surface area contributed by atoms with E-state index in [0.717, 1.165) is 6.42 Å². The molecule has 4 N–H and O–H groups in total. The minimum atomic E-state index is -0.790. The lowest BCUT2D eigenvalue weighted by Crippen LogP contribution is -2.47. The summed E-state index contributed by atoms with van der Waals surface area (Å²) in [7, 11) is 0. The highest BCUT2D eigenvalue weighted by Gasteiger charge is 2.38. The maximum absolute atomic E-state index is 12.0. The SMILES string of the molecule is NC(=O)C[C@@H]1OC[C@H](O)[C@@H]1NC(=O)[CH]CC1CCCCC1. The first-order valence-electron chi connectivity index (χ1n) is 7.78. The molecular weight excluding hydrogens is 272 g/mol. The molecule has 3 atom stereocenters. The summed E-state index contributed by atoms with van der Waals surface area (Å²) < 4.78 is 5.30. The van der Waals surface area contributed by atoms with Crippen molar-refractivity contribution in [2.24, 2.45) is 11.7 Å². The molecule has 6 nitrogen and oxygen atoms in total. The molecule has 2 amide bonds. The lowest BCUT2D eigenvalue weighted by molar-refractivity contribution is -0.122. The van der Waals surface area contributed by atoms with Crippen molar-refractivity contribution in [2.75, 3.05) is 6.61 Å². The number of ether oxygens (including phenoxy) is 1. The van der Waals surface area contributed by atoms with Crippen LogP contribution in [-0.2, 0) is 14.3 Å². The van der Waals surface area contributed by atoms with Gasteiger partial charge in [0.05, 0.1) is 25.2 Å². The summed E-state index contributed by atoms with van der Waals surface area (Å²) in [6.07, 6.45) is 7.26. The van der Waals surface area contributed by atoms with Gasteiger partial charge in [0, 0.05) is 6.42 Å². The first kappa shape index (κ1) is 16.2. The third-order valence-corrected chi connectivity index (χ3v) is 4.37. The molecule has 0 unspecified atom stereocenters. The van der Waals surface area contributed by atoms with Crippen molar-refractivity contribution >= 4 is 11.8 Å². The third-order valence-electron chi connectivity index (χ3n) is 4.37. The number of aliphatic hydroxyl groups excluding tert-OH is 1. The van der Waals surface area contributed by atoms with E-state index in [9.17, 15) is 14.7 Å². The van der Waals surface area contributed by atoms with E-state index in [4.69, 9.17) is 10.5 Å². The van der Waals surface area contributed by atoms with Crippen LogP contribution in [0.5, 0.6) is 0 Å². The number of amides is 2. The van der Waals surface area contributed by atoms with Gasteiger partial charge < -0.3 is 20.9 Å². The van der Waals surface area contributed by atoms with Crippen LogP contribution in [0.4, 0.5) is 0 Å². The zero-order chi connectivity index (χ0) is 15.2. The molecule has 0 bridgehead atoms. The molecule has 0 aromatic rings. The van der Waals surface area contributed by atoms with Crippen LogP contribution >= 0.6 is 0 Å². The van der Waals surface area contributed by atoms with E-state index < -0.39 is 24.2 Å². The fourth-order valence-electron chi connectivity index (χ4n) is 3.17. The quantitative estimate of drug-likeness (QED) is 0.655. The van der Waals surface area contributed by atoms with Gasteiger partial charge in [-0.3, -0.25) is 9.59 Å². The lowest BCUT2D eigenvalue weighted by atomic mass is 9.86. The summed E-state index contributed by atoms with van der Waals surface area (Å²) in [5, 5.41) is 12.6. The number of nitrogens with one attached hydrogen (secondary N) is 1. The zero-order valence-corrected chi connectivity index (χ0v) is 12.3. The maximum atomic E-state index is 12.0. The van der Waals surface area contributed by atoms with E-state index in [1.165, 1.54) is 32.1 Å². The Kier molecular flexibility index (Phi) is 5.99. The largest absolute Gasteiger partial charge is 0.388 e. The Balaban J connectivity index is 1.75. The summed E-state index contributed by atoms with van der Waals surface area (Å²) >= 11 is 0. The molecule has 2 fully saturated rings. The smallest absolute Gasteiger partial charge is 0.224 e. The summed E-state index contributed by atoms with van der Waals surface area (Å²) in [5.74, 6) is -0.111. The molecule has 2 aliphatic rings. The van der Waals surface area contributed by atoms with Crippen LogP contribution in [0.25, 0.3) is 0 Å². The summed E-state index contributed by atoms with van der Waals surface area (Å²) in [4.78, 5) is 22.9. The fourth-order valence-corrected chi connectivity index (χ4v) is 3.17. The molecule has 6 heteroatoms. The minimum absolute atomic E-state index is 0.00459. The number of rotatable bonds is 6. The van der Waals surface area contributed by atoms with Gasteiger partial charge in [-0.2, -0.15) is 0 Å². The molecule has 1 heterocycles. The second-order valence-corrected chi connectivity index (χ2v) is 6.09. The van der Waals surface area contributed by atoms with Gasteiger partial charge in [0.25, 0.3) is 0 Å². The molecule has 0 spiro atoms. The molecule has 0 aromatic heterocycles. The van der Waals surface area contributed by atoms with Crippen LogP contribution in [0.2, 0.25) is 0 Å². The van der Waals surface area contributed by atoms with E-state index >= 15 is 0 Å². The molecule has 0 aromatic carbocycles.